The van der Waals surface area contributed by atoms with Crippen molar-refractivity contribution < 1.29 is 19.3 Å². The number of amides is 2. The average Bonchev–Trinajstić information content (AvgIpc) is 2.68. The minimum Gasteiger partial charge on any atom is -0.273 e. The fourth-order valence-electron chi connectivity index (χ4n) is 2.42. The largest absolute Gasteiger partial charge is 0.274 e. The Morgan fingerprint density at radius 1 is 0.889 bits per heavy atom. The number of hydroxylamine groups is 2. The van der Waals surface area contributed by atoms with Crippen LogP contribution in [-0.4, -0.2) is 18.4 Å². The van der Waals surface area contributed by atoms with Crippen LogP contribution in [0, 0.1) is 6.92 Å². The van der Waals surface area contributed by atoms with E-state index >= 15 is 0 Å². The van der Waals surface area contributed by atoms with Crippen LogP contribution in [0.1, 0.15) is 47.2 Å². The summed E-state index contributed by atoms with van der Waals surface area (Å²) in [7, 11) is 0. The maximum atomic E-state index is 11.9. The fourth-order valence-corrected chi connectivity index (χ4v) is 2.42. The number of benzene rings is 2. The Morgan fingerprint density at radius 2 is 1.70 bits per heavy atom. The van der Waals surface area contributed by atoms with Gasteiger partial charge in [-0.3, -0.25) is 19.3 Å². The Hall–Kier alpha value is -2.70. The monoisotopic (exact) mass is 370 g/mol. The van der Waals surface area contributed by atoms with Gasteiger partial charge in [-0.25, -0.2) is 11.0 Å². The SMILES string of the molecule is Cc1cccc(C(=O)NOCCCCCC(=O)NOCc2ccccc2)c1. The van der Waals surface area contributed by atoms with Crippen LogP contribution in [0.25, 0.3) is 0 Å². The number of hydrogen-bond acceptors (Lipinski definition) is 4. The van der Waals surface area contributed by atoms with Crippen molar-refractivity contribution in [2.45, 2.75) is 39.2 Å². The van der Waals surface area contributed by atoms with Gasteiger partial charge in [0.15, 0.2) is 0 Å². The van der Waals surface area contributed by atoms with E-state index in [9.17, 15) is 9.59 Å². The van der Waals surface area contributed by atoms with E-state index in [1.54, 1.807) is 12.1 Å². The second-order valence-corrected chi connectivity index (χ2v) is 6.26. The molecular weight excluding hydrogens is 344 g/mol. The van der Waals surface area contributed by atoms with E-state index in [2.05, 4.69) is 11.0 Å². The Bertz CT molecular complexity index is 719. The van der Waals surface area contributed by atoms with Gasteiger partial charge in [0, 0.05) is 12.0 Å². The van der Waals surface area contributed by atoms with Crippen molar-refractivity contribution in [1.29, 1.82) is 0 Å². The molecule has 0 aliphatic heterocycles. The molecule has 0 aliphatic carbocycles. The summed E-state index contributed by atoms with van der Waals surface area (Å²) in [5.74, 6) is -0.395. The van der Waals surface area contributed by atoms with Gasteiger partial charge in [-0.15, -0.1) is 0 Å². The highest BCUT2D eigenvalue weighted by atomic mass is 16.7. The third-order valence-corrected chi connectivity index (χ3v) is 3.86. The van der Waals surface area contributed by atoms with E-state index in [1.165, 1.54) is 0 Å². The molecule has 0 heterocycles. The molecule has 0 aromatic heterocycles. The number of nitrogens with one attached hydrogen (secondary N) is 2. The lowest BCUT2D eigenvalue weighted by Gasteiger charge is -2.07. The first-order chi connectivity index (χ1) is 13.1. The van der Waals surface area contributed by atoms with Crippen LogP contribution in [0.4, 0.5) is 0 Å². The first-order valence-electron chi connectivity index (χ1n) is 9.08. The summed E-state index contributed by atoms with van der Waals surface area (Å²) in [6.07, 6.45) is 2.71. The molecule has 2 aromatic rings. The Labute approximate surface area is 159 Å². The van der Waals surface area contributed by atoms with Crippen molar-refractivity contribution >= 4 is 11.8 Å². The molecule has 2 N–H and O–H groups in total. The lowest BCUT2D eigenvalue weighted by atomic mass is 10.1. The van der Waals surface area contributed by atoms with Crippen LogP contribution in [0.5, 0.6) is 0 Å². The summed E-state index contributed by atoms with van der Waals surface area (Å²) >= 11 is 0. The van der Waals surface area contributed by atoms with Gasteiger partial charge in [0.05, 0.1) is 13.2 Å². The zero-order valence-corrected chi connectivity index (χ0v) is 15.6. The predicted octanol–water partition coefficient (Wildman–Crippen LogP) is 3.46. The van der Waals surface area contributed by atoms with E-state index in [4.69, 9.17) is 9.68 Å². The quantitative estimate of drug-likeness (QED) is 0.469. The number of unbranched alkanes of at least 4 members (excludes halogenated alkanes) is 2. The van der Waals surface area contributed by atoms with Gasteiger partial charge in [-0.05, 0) is 37.5 Å². The van der Waals surface area contributed by atoms with Crippen LogP contribution < -0.4 is 11.0 Å². The summed E-state index contributed by atoms with van der Waals surface area (Å²) < 4.78 is 0. The summed E-state index contributed by atoms with van der Waals surface area (Å²) in [5.41, 5.74) is 7.47. The second-order valence-electron chi connectivity index (χ2n) is 6.26. The molecular formula is C21H26N2O4. The lowest BCUT2D eigenvalue weighted by Crippen LogP contribution is -2.24. The summed E-state index contributed by atoms with van der Waals surface area (Å²) in [6, 6.07) is 17.0. The molecule has 2 rings (SSSR count). The van der Waals surface area contributed by atoms with Gasteiger partial charge >= 0.3 is 0 Å². The number of aryl methyl sites for hydroxylation is 1. The molecule has 0 atom stereocenters. The molecule has 144 valence electrons. The molecule has 27 heavy (non-hydrogen) atoms. The van der Waals surface area contributed by atoms with Crippen LogP contribution in [-0.2, 0) is 21.1 Å². The van der Waals surface area contributed by atoms with Gasteiger partial charge in [-0.2, -0.15) is 0 Å². The zero-order chi connectivity index (χ0) is 19.3. The standard InChI is InChI=1S/C21H26N2O4/c1-17-9-8-12-19(15-17)21(25)23-26-14-7-3-6-13-20(24)22-27-16-18-10-4-2-5-11-18/h2,4-5,8-12,15H,3,6-7,13-14,16H2,1H3,(H,22,24)(H,23,25). The minimum absolute atomic E-state index is 0.139. The van der Waals surface area contributed by atoms with Gasteiger partial charge < -0.3 is 0 Å². The maximum absolute atomic E-state index is 11.9. The molecule has 0 saturated heterocycles. The first kappa shape index (κ1) is 20.6. The molecule has 0 spiro atoms. The number of hydrogen-bond donors (Lipinski definition) is 2. The van der Waals surface area contributed by atoms with Gasteiger partial charge in [0.1, 0.15) is 0 Å². The Morgan fingerprint density at radius 3 is 2.48 bits per heavy atom. The first-order valence-corrected chi connectivity index (χ1v) is 9.08. The maximum Gasteiger partial charge on any atom is 0.274 e. The third kappa shape index (κ3) is 8.48. The number of carbonyl (C=O) groups excluding carboxylic acids is 2. The van der Waals surface area contributed by atoms with Crippen LogP contribution in [0.2, 0.25) is 0 Å². The summed E-state index contributed by atoms with van der Waals surface area (Å²) in [6.45, 7) is 2.69. The Kier molecular flexibility index (Phi) is 9.03. The molecule has 2 aromatic carbocycles. The van der Waals surface area contributed by atoms with Crippen molar-refractivity contribution in [3.8, 4) is 0 Å². The lowest BCUT2D eigenvalue weighted by molar-refractivity contribution is -0.134. The van der Waals surface area contributed by atoms with Crippen molar-refractivity contribution in [3.05, 3.63) is 71.3 Å². The number of carbonyl (C=O) groups is 2. The second kappa shape index (κ2) is 11.8. The molecule has 2 amide bonds. The molecule has 0 fully saturated rings. The topological polar surface area (TPSA) is 76.7 Å². The molecule has 0 saturated carbocycles. The van der Waals surface area contributed by atoms with E-state index in [0.29, 0.717) is 25.2 Å². The van der Waals surface area contributed by atoms with E-state index in [1.807, 2.05) is 49.4 Å². The van der Waals surface area contributed by atoms with Gasteiger partial charge in [-0.1, -0.05) is 54.4 Å². The van der Waals surface area contributed by atoms with Crippen LogP contribution >= 0.6 is 0 Å². The highest BCUT2D eigenvalue weighted by Gasteiger charge is 2.05. The van der Waals surface area contributed by atoms with Gasteiger partial charge in [0.25, 0.3) is 5.91 Å². The molecule has 0 radical (unpaired) electrons. The van der Waals surface area contributed by atoms with Gasteiger partial charge in [0.2, 0.25) is 5.91 Å². The average molecular weight is 370 g/mol. The van der Waals surface area contributed by atoms with E-state index < -0.39 is 0 Å². The zero-order valence-electron chi connectivity index (χ0n) is 15.6. The molecule has 0 unspecified atom stereocenters. The highest BCUT2D eigenvalue weighted by molar-refractivity contribution is 5.93. The van der Waals surface area contributed by atoms with E-state index in [0.717, 1.165) is 30.4 Å². The predicted molar refractivity (Wildman–Crippen MR) is 102 cm³/mol. The Balaban J connectivity index is 1.46. The van der Waals surface area contributed by atoms with Crippen molar-refractivity contribution in [2.24, 2.45) is 0 Å². The van der Waals surface area contributed by atoms with E-state index in [-0.39, 0.29) is 11.8 Å². The van der Waals surface area contributed by atoms with Crippen molar-refractivity contribution in [2.75, 3.05) is 6.61 Å². The molecule has 6 nitrogen and oxygen atoms in total. The number of rotatable bonds is 11. The van der Waals surface area contributed by atoms with Crippen LogP contribution in [0.15, 0.2) is 54.6 Å². The molecule has 6 heteroatoms. The van der Waals surface area contributed by atoms with Crippen LogP contribution in [0.3, 0.4) is 0 Å². The highest BCUT2D eigenvalue weighted by Crippen LogP contribution is 2.04. The third-order valence-electron chi connectivity index (χ3n) is 3.86. The molecule has 0 bridgehead atoms. The van der Waals surface area contributed by atoms with Crippen molar-refractivity contribution in [1.82, 2.24) is 11.0 Å². The smallest absolute Gasteiger partial charge is 0.273 e. The normalized spacial score (nSPS) is 10.4. The minimum atomic E-state index is -0.256. The summed E-state index contributed by atoms with van der Waals surface area (Å²) in [4.78, 5) is 33.9. The fraction of sp³-hybridized carbons (Fsp3) is 0.333. The summed E-state index contributed by atoms with van der Waals surface area (Å²) in [5, 5.41) is 0. The van der Waals surface area contributed by atoms with Crippen molar-refractivity contribution in [3.63, 3.8) is 0 Å². The molecule has 0 aliphatic rings.